The predicted molar refractivity (Wildman–Crippen MR) is 45.2 cm³/mol. The monoisotopic (exact) mass is 152 g/mol. The molecule has 0 aromatic heterocycles. The fraction of sp³-hybridized carbons (Fsp3) is 0.800. The van der Waals surface area contributed by atoms with Crippen molar-refractivity contribution in [2.45, 2.75) is 38.7 Å². The predicted octanol–water partition coefficient (Wildman–Crippen LogP) is 2.11. The fourth-order valence-electron chi connectivity index (χ4n) is 2.45. The number of hydrogen-bond acceptors (Lipinski definition) is 1. The van der Waals surface area contributed by atoms with Crippen molar-refractivity contribution in [2.24, 2.45) is 11.8 Å². The lowest BCUT2D eigenvalue weighted by Crippen LogP contribution is -2.20. The lowest BCUT2D eigenvalue weighted by Gasteiger charge is -2.20. The van der Waals surface area contributed by atoms with E-state index in [-0.39, 0.29) is 6.10 Å². The van der Waals surface area contributed by atoms with E-state index in [9.17, 15) is 5.11 Å². The lowest BCUT2D eigenvalue weighted by molar-refractivity contribution is 0.100. The van der Waals surface area contributed by atoms with Crippen molar-refractivity contribution >= 4 is 0 Å². The minimum Gasteiger partial charge on any atom is -0.392 e. The SMILES string of the molecule is CC1CCC=C2CC(O)C1C2. The Hall–Kier alpha value is -0.300. The molecule has 0 radical (unpaired) electrons. The van der Waals surface area contributed by atoms with Gasteiger partial charge >= 0.3 is 0 Å². The topological polar surface area (TPSA) is 20.2 Å². The van der Waals surface area contributed by atoms with Gasteiger partial charge in [0, 0.05) is 0 Å². The van der Waals surface area contributed by atoms with E-state index in [0.717, 1.165) is 12.3 Å². The summed E-state index contributed by atoms with van der Waals surface area (Å²) in [5, 5.41) is 9.65. The number of rotatable bonds is 0. The zero-order chi connectivity index (χ0) is 7.84. The van der Waals surface area contributed by atoms with Crippen LogP contribution < -0.4 is 0 Å². The second-order valence-corrected chi connectivity index (χ2v) is 4.06. The van der Waals surface area contributed by atoms with Crippen LogP contribution in [0.2, 0.25) is 0 Å². The van der Waals surface area contributed by atoms with Gasteiger partial charge in [0.2, 0.25) is 0 Å². The highest BCUT2D eigenvalue weighted by atomic mass is 16.3. The third kappa shape index (κ3) is 1.22. The van der Waals surface area contributed by atoms with Crippen LogP contribution in [0.1, 0.15) is 32.6 Å². The average Bonchev–Trinajstić information content (AvgIpc) is 2.20. The Morgan fingerprint density at radius 2 is 2.27 bits per heavy atom. The highest BCUT2D eigenvalue weighted by Crippen LogP contribution is 2.40. The number of fused-ring (bicyclic) bond motifs is 2. The number of aliphatic hydroxyl groups excluding tert-OH is 1. The van der Waals surface area contributed by atoms with Crippen LogP contribution in [0.5, 0.6) is 0 Å². The molecule has 1 saturated carbocycles. The van der Waals surface area contributed by atoms with Crippen molar-refractivity contribution in [1.82, 2.24) is 0 Å². The first-order valence-electron chi connectivity index (χ1n) is 4.63. The summed E-state index contributed by atoms with van der Waals surface area (Å²) in [4.78, 5) is 0. The molecule has 0 saturated heterocycles. The highest BCUT2D eigenvalue weighted by Gasteiger charge is 2.33. The first-order chi connectivity index (χ1) is 5.27. The maximum absolute atomic E-state index is 9.65. The minimum absolute atomic E-state index is 0.0310. The Morgan fingerprint density at radius 3 is 3.09 bits per heavy atom. The van der Waals surface area contributed by atoms with Gasteiger partial charge in [-0.2, -0.15) is 0 Å². The smallest absolute Gasteiger partial charge is 0.0611 e. The van der Waals surface area contributed by atoms with Gasteiger partial charge in [-0.05, 0) is 37.5 Å². The molecule has 2 aliphatic carbocycles. The van der Waals surface area contributed by atoms with E-state index in [4.69, 9.17) is 0 Å². The molecule has 0 amide bonds. The van der Waals surface area contributed by atoms with E-state index >= 15 is 0 Å². The standard InChI is InChI=1S/C10H16O/c1-7-3-2-4-8-5-9(7)10(11)6-8/h4,7,9-11H,2-3,5-6H2,1H3. The summed E-state index contributed by atoms with van der Waals surface area (Å²) < 4.78 is 0. The van der Waals surface area contributed by atoms with Gasteiger partial charge in [-0.3, -0.25) is 0 Å². The van der Waals surface area contributed by atoms with E-state index < -0.39 is 0 Å². The van der Waals surface area contributed by atoms with Gasteiger partial charge in [0.05, 0.1) is 6.10 Å². The van der Waals surface area contributed by atoms with Gasteiger partial charge in [-0.15, -0.1) is 0 Å². The summed E-state index contributed by atoms with van der Waals surface area (Å²) in [6.45, 7) is 2.27. The lowest BCUT2D eigenvalue weighted by atomic mass is 9.88. The van der Waals surface area contributed by atoms with Crippen LogP contribution in [0.4, 0.5) is 0 Å². The number of aliphatic hydroxyl groups is 1. The fourth-order valence-corrected chi connectivity index (χ4v) is 2.45. The summed E-state index contributed by atoms with van der Waals surface area (Å²) in [5.74, 6) is 1.30. The Kier molecular flexibility index (Phi) is 1.76. The van der Waals surface area contributed by atoms with Crippen LogP contribution in [-0.4, -0.2) is 11.2 Å². The quantitative estimate of drug-likeness (QED) is 0.527. The zero-order valence-corrected chi connectivity index (χ0v) is 7.09. The Labute approximate surface area is 68.1 Å². The van der Waals surface area contributed by atoms with Crippen LogP contribution in [0.3, 0.4) is 0 Å². The number of hydrogen-bond donors (Lipinski definition) is 1. The summed E-state index contributed by atoms with van der Waals surface area (Å²) in [6, 6.07) is 0. The zero-order valence-electron chi connectivity index (χ0n) is 7.09. The van der Waals surface area contributed by atoms with Gasteiger partial charge in [0.1, 0.15) is 0 Å². The van der Waals surface area contributed by atoms with Gasteiger partial charge in [-0.25, -0.2) is 0 Å². The van der Waals surface area contributed by atoms with E-state index in [0.29, 0.717) is 5.92 Å². The minimum atomic E-state index is -0.0310. The van der Waals surface area contributed by atoms with E-state index in [2.05, 4.69) is 13.0 Å². The molecular weight excluding hydrogens is 136 g/mol. The largest absolute Gasteiger partial charge is 0.392 e. The Morgan fingerprint density at radius 1 is 1.45 bits per heavy atom. The molecule has 0 spiro atoms. The van der Waals surface area contributed by atoms with Crippen LogP contribution in [-0.2, 0) is 0 Å². The molecule has 1 fully saturated rings. The van der Waals surface area contributed by atoms with E-state index in [1.807, 2.05) is 0 Å². The molecule has 0 aromatic rings. The maximum atomic E-state index is 9.65. The molecule has 0 aliphatic heterocycles. The van der Waals surface area contributed by atoms with Crippen LogP contribution >= 0.6 is 0 Å². The first-order valence-corrected chi connectivity index (χ1v) is 4.63. The molecule has 2 aliphatic rings. The molecular formula is C10H16O. The molecule has 0 heterocycles. The summed E-state index contributed by atoms with van der Waals surface area (Å²) >= 11 is 0. The van der Waals surface area contributed by atoms with Gasteiger partial charge in [-0.1, -0.05) is 18.6 Å². The van der Waals surface area contributed by atoms with Crippen LogP contribution in [0.25, 0.3) is 0 Å². The number of allylic oxidation sites excluding steroid dienone is 1. The Bertz CT molecular complexity index is 183. The van der Waals surface area contributed by atoms with Crippen molar-refractivity contribution < 1.29 is 5.11 Å². The molecule has 0 aromatic carbocycles. The van der Waals surface area contributed by atoms with Crippen molar-refractivity contribution in [3.05, 3.63) is 11.6 Å². The molecule has 1 N–H and O–H groups in total. The highest BCUT2D eigenvalue weighted by molar-refractivity contribution is 5.14. The Balaban J connectivity index is 2.19. The molecule has 11 heavy (non-hydrogen) atoms. The molecule has 1 nitrogen and oxygen atoms in total. The van der Waals surface area contributed by atoms with Gasteiger partial charge in [0.25, 0.3) is 0 Å². The molecule has 62 valence electrons. The van der Waals surface area contributed by atoms with Crippen molar-refractivity contribution in [1.29, 1.82) is 0 Å². The molecule has 1 heteroatoms. The molecule has 2 rings (SSSR count). The summed E-state index contributed by atoms with van der Waals surface area (Å²) in [7, 11) is 0. The van der Waals surface area contributed by atoms with Crippen molar-refractivity contribution in [3.63, 3.8) is 0 Å². The second-order valence-electron chi connectivity index (χ2n) is 4.06. The first kappa shape index (κ1) is 7.35. The summed E-state index contributed by atoms with van der Waals surface area (Å²) in [6.07, 6.45) is 6.94. The van der Waals surface area contributed by atoms with Crippen LogP contribution in [0.15, 0.2) is 11.6 Å². The van der Waals surface area contributed by atoms with E-state index in [1.54, 1.807) is 0 Å². The van der Waals surface area contributed by atoms with Gasteiger partial charge < -0.3 is 5.11 Å². The molecule has 3 unspecified atom stereocenters. The normalized spacial score (nSPS) is 43.5. The van der Waals surface area contributed by atoms with E-state index in [1.165, 1.54) is 24.8 Å². The van der Waals surface area contributed by atoms with Gasteiger partial charge in [0.15, 0.2) is 0 Å². The third-order valence-corrected chi connectivity index (χ3v) is 3.25. The maximum Gasteiger partial charge on any atom is 0.0611 e. The van der Waals surface area contributed by atoms with Crippen LogP contribution in [0, 0.1) is 11.8 Å². The van der Waals surface area contributed by atoms with Crippen molar-refractivity contribution in [2.75, 3.05) is 0 Å². The van der Waals surface area contributed by atoms with Crippen molar-refractivity contribution in [3.8, 4) is 0 Å². The second kappa shape index (κ2) is 2.63. The molecule has 3 atom stereocenters. The third-order valence-electron chi connectivity index (χ3n) is 3.25. The average molecular weight is 152 g/mol. The molecule has 2 bridgehead atoms. The summed E-state index contributed by atoms with van der Waals surface area (Å²) in [5.41, 5.74) is 1.51.